The van der Waals surface area contributed by atoms with E-state index >= 15 is 0 Å². The molecule has 1 atom stereocenters. The Labute approximate surface area is 220 Å². The highest BCUT2D eigenvalue weighted by Gasteiger charge is 2.35. The van der Waals surface area contributed by atoms with E-state index < -0.39 is 57.4 Å². The molecule has 12 heteroatoms. The van der Waals surface area contributed by atoms with Crippen molar-refractivity contribution in [2.45, 2.75) is 58.4 Å². The molecule has 0 aromatic heterocycles. The molecule has 0 unspecified atom stereocenters. The summed E-state index contributed by atoms with van der Waals surface area (Å²) in [4.78, 5) is 28.0. The topological polar surface area (TPSA) is 86.8 Å². The van der Waals surface area contributed by atoms with Crippen molar-refractivity contribution in [2.75, 3.05) is 17.1 Å². The molecule has 0 spiro atoms. The third kappa shape index (κ3) is 8.63. The zero-order valence-electron chi connectivity index (χ0n) is 21.3. The Morgan fingerprint density at radius 1 is 1.05 bits per heavy atom. The molecule has 7 nitrogen and oxygen atoms in total. The van der Waals surface area contributed by atoms with Crippen LogP contribution in [0.2, 0.25) is 5.02 Å². The summed E-state index contributed by atoms with van der Waals surface area (Å²) in [6, 6.07) is 10.0. The number of alkyl halides is 3. The van der Waals surface area contributed by atoms with Gasteiger partial charge in [0.15, 0.2) is 0 Å². The molecule has 37 heavy (non-hydrogen) atoms. The summed E-state index contributed by atoms with van der Waals surface area (Å²) >= 11 is 6.09. The fraction of sp³-hybridized carbons (Fsp3) is 0.440. The van der Waals surface area contributed by atoms with E-state index in [1.54, 1.807) is 58.0 Å². The first-order valence-corrected chi connectivity index (χ1v) is 13.7. The van der Waals surface area contributed by atoms with Gasteiger partial charge in [-0.25, -0.2) is 8.42 Å². The number of nitrogens with one attached hydrogen (secondary N) is 1. The van der Waals surface area contributed by atoms with E-state index in [1.807, 2.05) is 0 Å². The van der Waals surface area contributed by atoms with Crippen molar-refractivity contribution in [1.82, 2.24) is 10.2 Å². The van der Waals surface area contributed by atoms with Crippen molar-refractivity contribution in [1.29, 1.82) is 0 Å². The third-order valence-electron chi connectivity index (χ3n) is 5.30. The van der Waals surface area contributed by atoms with Crippen LogP contribution in [0.3, 0.4) is 0 Å². The Hall–Kier alpha value is -2.79. The average Bonchev–Trinajstić information content (AvgIpc) is 2.75. The lowest BCUT2D eigenvalue weighted by molar-refractivity contribution is -0.141. The van der Waals surface area contributed by atoms with Gasteiger partial charge in [-0.05, 0) is 51.0 Å². The van der Waals surface area contributed by atoms with Crippen molar-refractivity contribution in [3.8, 4) is 0 Å². The Bertz CT molecular complexity index is 1220. The van der Waals surface area contributed by atoms with Crippen molar-refractivity contribution < 1.29 is 31.2 Å². The molecule has 0 aliphatic heterocycles. The lowest BCUT2D eigenvalue weighted by Gasteiger charge is -2.34. The van der Waals surface area contributed by atoms with Crippen LogP contribution in [0.4, 0.5) is 18.9 Å². The molecule has 0 heterocycles. The predicted molar refractivity (Wildman–Crippen MR) is 138 cm³/mol. The summed E-state index contributed by atoms with van der Waals surface area (Å²) in [6.07, 6.45) is -3.78. The number of rotatable bonds is 9. The van der Waals surface area contributed by atoms with E-state index in [0.29, 0.717) is 15.9 Å². The number of carbonyl (C=O) groups excluding carboxylic acids is 2. The van der Waals surface area contributed by atoms with Crippen molar-refractivity contribution in [3.05, 3.63) is 64.7 Å². The van der Waals surface area contributed by atoms with E-state index in [-0.39, 0.29) is 18.0 Å². The molecule has 2 aromatic rings. The standard InChI is InChI=1S/C25H31ClF3N3O4S/c1-6-20(23(34)30-24(2,3)4)31(15-17-10-8-7-9-11-17)22(33)16-32(37(5,35)36)21-14-18(25(27,28)29)12-13-19(21)26/h7-14,20H,6,15-16H2,1-5H3,(H,30,34)/t20-/m0/s1. The summed E-state index contributed by atoms with van der Waals surface area (Å²) in [5, 5.41) is 2.55. The quantitative estimate of drug-likeness (QED) is 0.474. The van der Waals surface area contributed by atoms with Crippen LogP contribution in [0, 0.1) is 0 Å². The maximum absolute atomic E-state index is 13.6. The average molecular weight is 562 g/mol. The molecule has 0 radical (unpaired) electrons. The number of anilines is 1. The molecule has 0 bridgehead atoms. The van der Waals surface area contributed by atoms with E-state index in [0.717, 1.165) is 18.4 Å². The maximum Gasteiger partial charge on any atom is 0.416 e. The molecule has 0 saturated heterocycles. The van der Waals surface area contributed by atoms with Crippen LogP contribution in [0.15, 0.2) is 48.5 Å². The van der Waals surface area contributed by atoms with Gasteiger partial charge in [-0.2, -0.15) is 13.2 Å². The first-order valence-electron chi connectivity index (χ1n) is 11.4. The van der Waals surface area contributed by atoms with Gasteiger partial charge in [0.2, 0.25) is 21.8 Å². The zero-order valence-corrected chi connectivity index (χ0v) is 22.8. The second-order valence-corrected chi connectivity index (χ2v) is 11.9. The van der Waals surface area contributed by atoms with E-state index in [2.05, 4.69) is 5.32 Å². The van der Waals surface area contributed by atoms with Crippen LogP contribution in [-0.2, 0) is 32.3 Å². The van der Waals surface area contributed by atoms with Gasteiger partial charge >= 0.3 is 6.18 Å². The molecule has 0 aliphatic rings. The van der Waals surface area contributed by atoms with E-state index in [1.165, 1.54) is 4.90 Å². The van der Waals surface area contributed by atoms with Gasteiger partial charge in [-0.1, -0.05) is 48.9 Å². The van der Waals surface area contributed by atoms with Crippen molar-refractivity contribution in [3.63, 3.8) is 0 Å². The van der Waals surface area contributed by atoms with Crippen molar-refractivity contribution >= 4 is 39.1 Å². The number of carbonyl (C=O) groups is 2. The minimum Gasteiger partial charge on any atom is -0.350 e. The number of hydrogen-bond donors (Lipinski definition) is 1. The lowest BCUT2D eigenvalue weighted by atomic mass is 10.1. The third-order valence-corrected chi connectivity index (χ3v) is 6.75. The molecule has 204 valence electrons. The molecule has 0 fully saturated rings. The van der Waals surface area contributed by atoms with Gasteiger partial charge in [-0.3, -0.25) is 13.9 Å². The number of nitrogens with zero attached hydrogens (tertiary/aromatic N) is 2. The largest absolute Gasteiger partial charge is 0.416 e. The molecule has 0 saturated carbocycles. The van der Waals surface area contributed by atoms with E-state index in [4.69, 9.17) is 11.6 Å². The summed E-state index contributed by atoms with van der Waals surface area (Å²) in [5.41, 5.74) is -1.53. The Balaban J connectivity index is 2.54. The first kappa shape index (κ1) is 30.4. The Morgan fingerprint density at radius 2 is 1.65 bits per heavy atom. The molecule has 2 amide bonds. The Kier molecular flexibility index (Phi) is 9.64. The van der Waals surface area contributed by atoms with Crippen LogP contribution in [0.25, 0.3) is 0 Å². The van der Waals surface area contributed by atoms with Gasteiger partial charge in [0.25, 0.3) is 0 Å². The smallest absolute Gasteiger partial charge is 0.350 e. The normalized spacial score (nSPS) is 13.1. The van der Waals surface area contributed by atoms with Gasteiger partial charge in [0.1, 0.15) is 12.6 Å². The summed E-state index contributed by atoms with van der Waals surface area (Å²) < 4.78 is 65.9. The number of halogens is 4. The Morgan fingerprint density at radius 3 is 2.14 bits per heavy atom. The summed E-state index contributed by atoms with van der Waals surface area (Å²) in [7, 11) is -4.25. The highest BCUT2D eigenvalue weighted by atomic mass is 35.5. The molecular formula is C25H31ClF3N3O4S. The SMILES string of the molecule is CC[C@@H](C(=O)NC(C)(C)C)N(Cc1ccccc1)C(=O)CN(c1cc(C(F)(F)F)ccc1Cl)S(C)(=O)=O. The fourth-order valence-electron chi connectivity index (χ4n) is 3.63. The van der Waals surface area contributed by atoms with Gasteiger partial charge in [0, 0.05) is 12.1 Å². The number of amides is 2. The molecule has 2 aromatic carbocycles. The highest BCUT2D eigenvalue weighted by molar-refractivity contribution is 7.92. The second kappa shape index (κ2) is 11.7. The van der Waals surface area contributed by atoms with Gasteiger partial charge in [-0.15, -0.1) is 0 Å². The van der Waals surface area contributed by atoms with Crippen LogP contribution in [0.5, 0.6) is 0 Å². The highest BCUT2D eigenvalue weighted by Crippen LogP contribution is 2.36. The van der Waals surface area contributed by atoms with Gasteiger partial charge in [0.05, 0.1) is 22.5 Å². The fourth-order valence-corrected chi connectivity index (χ4v) is 4.75. The van der Waals surface area contributed by atoms with Gasteiger partial charge < -0.3 is 10.2 Å². The second-order valence-electron chi connectivity index (χ2n) is 9.60. The predicted octanol–water partition coefficient (Wildman–Crippen LogP) is 4.85. The van der Waals surface area contributed by atoms with Crippen LogP contribution < -0.4 is 9.62 Å². The summed E-state index contributed by atoms with van der Waals surface area (Å²) in [6.45, 7) is 6.16. The number of sulfonamides is 1. The van der Waals surface area contributed by atoms with Crippen LogP contribution in [0.1, 0.15) is 45.2 Å². The monoisotopic (exact) mass is 561 g/mol. The lowest BCUT2D eigenvalue weighted by Crippen LogP contribution is -2.55. The van der Waals surface area contributed by atoms with Crippen LogP contribution >= 0.6 is 11.6 Å². The first-order chi connectivity index (χ1) is 16.9. The zero-order chi connectivity index (χ0) is 28.2. The molecule has 0 aliphatic carbocycles. The minimum absolute atomic E-state index is 0.0241. The van der Waals surface area contributed by atoms with Crippen LogP contribution in [-0.4, -0.2) is 49.5 Å². The maximum atomic E-state index is 13.6. The van der Waals surface area contributed by atoms with E-state index in [9.17, 15) is 31.2 Å². The number of benzene rings is 2. The minimum atomic E-state index is -4.76. The molecule has 1 N–H and O–H groups in total. The number of hydrogen-bond acceptors (Lipinski definition) is 4. The summed E-state index contributed by atoms with van der Waals surface area (Å²) in [5.74, 6) is -1.22. The van der Waals surface area contributed by atoms with Crippen molar-refractivity contribution in [2.24, 2.45) is 0 Å². The molecule has 2 rings (SSSR count). The molecular weight excluding hydrogens is 531 g/mol.